The van der Waals surface area contributed by atoms with E-state index in [1.165, 1.54) is 35.5 Å². The van der Waals surface area contributed by atoms with Gasteiger partial charge < -0.3 is 10.5 Å². The second-order valence-corrected chi connectivity index (χ2v) is 7.34. The van der Waals surface area contributed by atoms with Crippen LogP contribution in [0.2, 0.25) is 10.0 Å². The maximum Gasteiger partial charge on any atom is 0.425 e. The average Bonchev–Trinajstić information content (AvgIpc) is 3.31. The van der Waals surface area contributed by atoms with Gasteiger partial charge in [-0.05, 0) is 53.1 Å². The summed E-state index contributed by atoms with van der Waals surface area (Å²) in [5, 5.41) is 4.17. The lowest BCUT2D eigenvalue weighted by Gasteiger charge is -2.30. The summed E-state index contributed by atoms with van der Waals surface area (Å²) in [7, 11) is 0. The van der Waals surface area contributed by atoms with E-state index in [1.54, 1.807) is 18.2 Å². The van der Waals surface area contributed by atoms with Gasteiger partial charge in [0.15, 0.2) is 0 Å². The maximum absolute atomic E-state index is 14.1. The Morgan fingerprint density at radius 2 is 1.83 bits per heavy atom. The summed E-state index contributed by atoms with van der Waals surface area (Å²) in [5.41, 5.74) is 4.97. The lowest BCUT2D eigenvalue weighted by atomic mass is 9.91. The van der Waals surface area contributed by atoms with Crippen molar-refractivity contribution in [1.82, 2.24) is 14.8 Å². The fourth-order valence-corrected chi connectivity index (χ4v) is 3.77. The van der Waals surface area contributed by atoms with Crippen LogP contribution in [0.5, 0.6) is 0 Å². The van der Waals surface area contributed by atoms with Crippen molar-refractivity contribution in [2.45, 2.75) is 11.8 Å². The van der Waals surface area contributed by atoms with Gasteiger partial charge in [0, 0.05) is 10.0 Å². The van der Waals surface area contributed by atoms with Crippen LogP contribution in [0.1, 0.15) is 11.1 Å². The van der Waals surface area contributed by atoms with Crippen molar-refractivity contribution in [2.24, 2.45) is 0 Å². The molecule has 2 heterocycles. The SMILES string of the molecule is Nc1cc(C2=CC(c3cc(Cl)cc(Cl)c3)(C(F)(F)F)OC2)ccc1-n1cncn1. The minimum atomic E-state index is -4.73. The molecular weight excluding hydrogens is 428 g/mol. The van der Waals surface area contributed by atoms with Gasteiger partial charge in [0.2, 0.25) is 5.60 Å². The van der Waals surface area contributed by atoms with Gasteiger partial charge >= 0.3 is 6.18 Å². The minimum absolute atomic E-state index is 0.0861. The zero-order chi connectivity index (χ0) is 20.8. The maximum atomic E-state index is 14.1. The Kier molecular flexibility index (Phi) is 4.80. The first-order chi connectivity index (χ1) is 13.7. The van der Waals surface area contributed by atoms with Crippen molar-refractivity contribution < 1.29 is 17.9 Å². The van der Waals surface area contributed by atoms with Crippen molar-refractivity contribution in [2.75, 3.05) is 12.3 Å². The number of nitrogens with two attached hydrogens (primary N) is 1. The van der Waals surface area contributed by atoms with Crippen LogP contribution < -0.4 is 5.73 Å². The van der Waals surface area contributed by atoms with E-state index in [4.69, 9.17) is 33.7 Å². The zero-order valence-corrected chi connectivity index (χ0v) is 16.1. The molecule has 2 N–H and O–H groups in total. The van der Waals surface area contributed by atoms with Gasteiger partial charge in [-0.15, -0.1) is 0 Å². The van der Waals surface area contributed by atoms with Crippen LogP contribution >= 0.6 is 23.2 Å². The number of halogens is 5. The van der Waals surface area contributed by atoms with E-state index < -0.39 is 11.8 Å². The molecule has 150 valence electrons. The molecule has 10 heteroatoms. The van der Waals surface area contributed by atoms with Crippen molar-refractivity contribution in [3.8, 4) is 5.69 Å². The molecule has 29 heavy (non-hydrogen) atoms. The summed E-state index contributed by atoms with van der Waals surface area (Å²) >= 11 is 11.8. The highest BCUT2D eigenvalue weighted by molar-refractivity contribution is 6.34. The standard InChI is InChI=1S/C19H13Cl2F3N4O/c20-14-4-13(5-15(21)6-14)18(19(22,23)24)7-12(8-29-18)11-1-2-17(16(25)3-11)28-10-26-9-27-28/h1-7,9-10H,8,25H2. The smallest absolute Gasteiger partial charge is 0.397 e. The van der Waals surface area contributed by atoms with Crippen LogP contribution in [0, 0.1) is 0 Å². The third kappa shape index (κ3) is 3.48. The topological polar surface area (TPSA) is 66.0 Å². The van der Waals surface area contributed by atoms with E-state index in [1.807, 2.05) is 0 Å². The minimum Gasteiger partial charge on any atom is -0.397 e. The lowest BCUT2D eigenvalue weighted by Crippen LogP contribution is -2.41. The molecule has 0 amide bonds. The molecule has 0 aliphatic carbocycles. The number of ether oxygens (including phenoxy) is 1. The van der Waals surface area contributed by atoms with Crippen LogP contribution in [0.15, 0.2) is 55.1 Å². The number of nitrogen functional groups attached to an aromatic ring is 1. The van der Waals surface area contributed by atoms with Gasteiger partial charge in [-0.3, -0.25) is 0 Å². The molecule has 1 aromatic heterocycles. The summed E-state index contributed by atoms with van der Waals surface area (Å²) in [4.78, 5) is 3.85. The van der Waals surface area contributed by atoms with Crippen LogP contribution in [0.25, 0.3) is 11.3 Å². The number of anilines is 1. The molecule has 0 bridgehead atoms. The van der Waals surface area contributed by atoms with E-state index in [-0.39, 0.29) is 22.2 Å². The lowest BCUT2D eigenvalue weighted by molar-refractivity contribution is -0.254. The monoisotopic (exact) mass is 440 g/mol. The molecule has 3 aromatic rings. The molecule has 0 radical (unpaired) electrons. The highest BCUT2D eigenvalue weighted by atomic mass is 35.5. The van der Waals surface area contributed by atoms with Crippen LogP contribution in [-0.2, 0) is 10.3 Å². The molecule has 0 saturated carbocycles. The van der Waals surface area contributed by atoms with Crippen LogP contribution in [-0.4, -0.2) is 27.5 Å². The third-order valence-corrected chi connectivity index (χ3v) is 5.05. The van der Waals surface area contributed by atoms with Gasteiger partial charge in [-0.2, -0.15) is 18.3 Å². The summed E-state index contributed by atoms with van der Waals surface area (Å²) in [6.45, 7) is -0.258. The number of rotatable bonds is 3. The summed E-state index contributed by atoms with van der Waals surface area (Å²) in [6.07, 6.45) is -0.858. The first-order valence-electron chi connectivity index (χ1n) is 8.33. The molecule has 1 aliphatic heterocycles. The van der Waals surface area contributed by atoms with Gasteiger partial charge in [-0.1, -0.05) is 29.3 Å². The molecule has 2 aromatic carbocycles. The fourth-order valence-electron chi connectivity index (χ4n) is 3.24. The Morgan fingerprint density at radius 1 is 1.10 bits per heavy atom. The van der Waals surface area contributed by atoms with Crippen molar-refractivity contribution >= 4 is 34.5 Å². The molecule has 0 fully saturated rings. The Balaban J connectivity index is 1.79. The van der Waals surface area contributed by atoms with Crippen molar-refractivity contribution in [1.29, 1.82) is 0 Å². The van der Waals surface area contributed by atoms with Gasteiger partial charge in [0.05, 0.1) is 18.0 Å². The van der Waals surface area contributed by atoms with Crippen molar-refractivity contribution in [3.05, 3.63) is 76.3 Å². The molecular formula is C19H13Cl2F3N4O. The number of nitrogens with zero attached hydrogens (tertiary/aromatic N) is 3. The number of hydrogen-bond acceptors (Lipinski definition) is 4. The Labute approximate surface area is 173 Å². The summed E-state index contributed by atoms with van der Waals surface area (Å²) < 4.78 is 49.0. The van der Waals surface area contributed by atoms with Crippen LogP contribution in [0.4, 0.5) is 18.9 Å². The molecule has 1 unspecified atom stereocenters. The molecule has 1 aliphatic rings. The summed E-state index contributed by atoms with van der Waals surface area (Å²) in [5.74, 6) is 0. The molecule has 0 saturated heterocycles. The van der Waals surface area contributed by atoms with E-state index in [2.05, 4.69) is 10.1 Å². The van der Waals surface area contributed by atoms with Gasteiger partial charge in [0.25, 0.3) is 0 Å². The van der Waals surface area contributed by atoms with Crippen LogP contribution in [0.3, 0.4) is 0 Å². The Bertz CT molecular complexity index is 1080. The number of aromatic nitrogens is 3. The van der Waals surface area contributed by atoms with E-state index in [0.29, 0.717) is 22.5 Å². The van der Waals surface area contributed by atoms with E-state index >= 15 is 0 Å². The molecule has 4 rings (SSSR count). The van der Waals surface area contributed by atoms with E-state index in [0.717, 1.165) is 6.08 Å². The first kappa shape index (κ1) is 19.8. The average molecular weight is 441 g/mol. The third-order valence-electron chi connectivity index (χ3n) is 4.61. The fraction of sp³-hybridized carbons (Fsp3) is 0.158. The quantitative estimate of drug-likeness (QED) is 0.580. The van der Waals surface area contributed by atoms with Gasteiger partial charge in [-0.25, -0.2) is 9.67 Å². The number of benzene rings is 2. The normalized spacial score (nSPS) is 19.4. The predicted octanol–water partition coefficient (Wildman–Crippen LogP) is 5.03. The number of alkyl halides is 3. The zero-order valence-electron chi connectivity index (χ0n) is 14.6. The first-order valence-corrected chi connectivity index (χ1v) is 9.09. The predicted molar refractivity (Wildman–Crippen MR) is 104 cm³/mol. The highest BCUT2D eigenvalue weighted by Crippen LogP contribution is 2.49. The Morgan fingerprint density at radius 3 is 2.41 bits per heavy atom. The second-order valence-electron chi connectivity index (χ2n) is 6.46. The summed E-state index contributed by atoms with van der Waals surface area (Å²) in [6, 6.07) is 8.64. The molecule has 5 nitrogen and oxygen atoms in total. The Hall–Kier alpha value is -2.55. The molecule has 1 atom stereocenters. The number of hydrogen-bond donors (Lipinski definition) is 1. The highest BCUT2D eigenvalue weighted by Gasteiger charge is 2.58. The van der Waals surface area contributed by atoms with E-state index in [9.17, 15) is 13.2 Å². The second kappa shape index (κ2) is 7.05. The van der Waals surface area contributed by atoms with Gasteiger partial charge in [0.1, 0.15) is 12.7 Å². The molecule has 0 spiro atoms. The van der Waals surface area contributed by atoms with Crippen molar-refractivity contribution in [3.63, 3.8) is 0 Å². The largest absolute Gasteiger partial charge is 0.425 e.